The number of fused-ring (bicyclic) bond motifs is 1. The molecule has 1 saturated heterocycles. The van der Waals surface area contributed by atoms with Crippen LogP contribution in [0.25, 0.3) is 0 Å². The van der Waals surface area contributed by atoms with E-state index in [0.717, 1.165) is 29.9 Å². The summed E-state index contributed by atoms with van der Waals surface area (Å²) in [5, 5.41) is 0. The summed E-state index contributed by atoms with van der Waals surface area (Å²) in [7, 11) is -2.83. The Bertz CT molecular complexity index is 557. The van der Waals surface area contributed by atoms with Gasteiger partial charge in [0.05, 0.1) is 17.2 Å². The normalized spacial score (nSPS) is 27.1. The van der Waals surface area contributed by atoms with Crippen molar-refractivity contribution in [2.75, 3.05) is 11.5 Å². The van der Waals surface area contributed by atoms with Crippen LogP contribution < -0.4 is 5.73 Å². The summed E-state index contributed by atoms with van der Waals surface area (Å²) >= 11 is 0. The van der Waals surface area contributed by atoms with Gasteiger partial charge in [-0.2, -0.15) is 0 Å². The molecule has 1 aromatic rings. The van der Waals surface area contributed by atoms with Crippen molar-refractivity contribution < 1.29 is 8.42 Å². The molecule has 2 heterocycles. The maximum atomic E-state index is 11.4. The summed E-state index contributed by atoms with van der Waals surface area (Å²) in [4.78, 5) is 8.97. The van der Waals surface area contributed by atoms with Gasteiger partial charge in [0.15, 0.2) is 0 Å². The first-order valence-electron chi connectivity index (χ1n) is 6.37. The van der Waals surface area contributed by atoms with Gasteiger partial charge in [0.25, 0.3) is 0 Å². The van der Waals surface area contributed by atoms with Gasteiger partial charge in [-0.1, -0.05) is 0 Å². The van der Waals surface area contributed by atoms with E-state index in [1.54, 1.807) is 0 Å². The van der Waals surface area contributed by atoms with Gasteiger partial charge in [0.2, 0.25) is 0 Å². The minimum absolute atomic E-state index is 0.0223. The number of rotatable bonds is 1. The molecule has 18 heavy (non-hydrogen) atoms. The van der Waals surface area contributed by atoms with Crippen molar-refractivity contribution in [3.8, 4) is 0 Å². The third kappa shape index (κ3) is 2.14. The predicted octanol–water partition coefficient (Wildman–Crippen LogP) is 0.715. The van der Waals surface area contributed by atoms with Crippen molar-refractivity contribution in [1.29, 1.82) is 0 Å². The summed E-state index contributed by atoms with van der Waals surface area (Å²) in [5.74, 6) is 1.46. The number of hydrogen-bond acceptors (Lipinski definition) is 5. The van der Waals surface area contributed by atoms with E-state index in [1.165, 1.54) is 0 Å². The molecule has 98 valence electrons. The van der Waals surface area contributed by atoms with Crippen LogP contribution in [0, 0.1) is 0 Å². The molecule has 0 bridgehead atoms. The molecule has 1 fully saturated rings. The second-order valence-electron chi connectivity index (χ2n) is 5.21. The molecule has 1 unspecified atom stereocenters. The van der Waals surface area contributed by atoms with Crippen molar-refractivity contribution in [2.24, 2.45) is 5.73 Å². The number of nitrogens with zero attached hydrogens (tertiary/aromatic N) is 2. The standard InChI is InChI=1S/C12H17N3O2S/c13-10-2-1-9-7-14-12(15-11(9)10)8-3-5-18(16,17)6-4-8/h7-8,10H,1-6,13H2. The third-order valence-electron chi connectivity index (χ3n) is 3.91. The predicted molar refractivity (Wildman–Crippen MR) is 67.9 cm³/mol. The number of hydrogen-bond donors (Lipinski definition) is 1. The molecule has 0 amide bonds. The largest absolute Gasteiger partial charge is 0.323 e. The van der Waals surface area contributed by atoms with E-state index in [4.69, 9.17) is 5.73 Å². The average Bonchev–Trinajstić information content (AvgIpc) is 2.71. The van der Waals surface area contributed by atoms with Crippen LogP contribution in [-0.4, -0.2) is 29.9 Å². The highest BCUT2D eigenvalue weighted by Crippen LogP contribution is 2.31. The SMILES string of the molecule is NC1CCc2cnc(C3CCS(=O)(=O)CC3)nc21. The lowest BCUT2D eigenvalue weighted by Gasteiger charge is -2.21. The van der Waals surface area contributed by atoms with E-state index in [9.17, 15) is 8.42 Å². The lowest BCUT2D eigenvalue weighted by atomic mass is 10.0. The maximum absolute atomic E-state index is 11.4. The van der Waals surface area contributed by atoms with Crippen LogP contribution in [0.4, 0.5) is 0 Å². The maximum Gasteiger partial charge on any atom is 0.150 e. The zero-order valence-electron chi connectivity index (χ0n) is 10.2. The Hall–Kier alpha value is -1.01. The summed E-state index contributed by atoms with van der Waals surface area (Å²) < 4.78 is 22.8. The second-order valence-corrected chi connectivity index (χ2v) is 7.51. The molecular weight excluding hydrogens is 250 g/mol. The van der Waals surface area contributed by atoms with E-state index in [2.05, 4.69) is 9.97 Å². The molecule has 0 saturated carbocycles. The first kappa shape index (κ1) is 12.0. The molecule has 2 aliphatic rings. The highest BCUT2D eigenvalue weighted by molar-refractivity contribution is 7.91. The Balaban J connectivity index is 1.84. The highest BCUT2D eigenvalue weighted by Gasteiger charge is 2.28. The molecule has 6 heteroatoms. The number of sulfone groups is 1. The zero-order chi connectivity index (χ0) is 12.8. The minimum atomic E-state index is -2.83. The number of aromatic nitrogens is 2. The fourth-order valence-electron chi connectivity index (χ4n) is 2.74. The van der Waals surface area contributed by atoms with Gasteiger partial charge >= 0.3 is 0 Å². The molecule has 0 radical (unpaired) electrons. The van der Waals surface area contributed by atoms with E-state index in [1.807, 2.05) is 6.20 Å². The van der Waals surface area contributed by atoms with Gasteiger partial charge in [-0.3, -0.25) is 0 Å². The molecule has 5 nitrogen and oxygen atoms in total. The average molecular weight is 267 g/mol. The molecule has 0 aromatic carbocycles. The monoisotopic (exact) mass is 267 g/mol. The van der Waals surface area contributed by atoms with E-state index in [0.29, 0.717) is 12.8 Å². The lowest BCUT2D eigenvalue weighted by molar-refractivity contribution is 0.534. The minimum Gasteiger partial charge on any atom is -0.323 e. The van der Waals surface area contributed by atoms with Gasteiger partial charge < -0.3 is 5.73 Å². The van der Waals surface area contributed by atoms with Gasteiger partial charge in [-0.05, 0) is 31.2 Å². The molecule has 3 rings (SSSR count). The molecular formula is C12H17N3O2S. The number of nitrogens with two attached hydrogens (primary N) is 1. The van der Waals surface area contributed by atoms with E-state index >= 15 is 0 Å². The highest BCUT2D eigenvalue weighted by atomic mass is 32.2. The van der Waals surface area contributed by atoms with Crippen LogP contribution in [0.15, 0.2) is 6.20 Å². The fraction of sp³-hybridized carbons (Fsp3) is 0.667. The Morgan fingerprint density at radius 3 is 2.67 bits per heavy atom. The topological polar surface area (TPSA) is 85.9 Å². The van der Waals surface area contributed by atoms with Gasteiger partial charge in [-0.15, -0.1) is 0 Å². The van der Waals surface area contributed by atoms with Crippen LogP contribution in [0.2, 0.25) is 0 Å². The summed E-state index contributed by atoms with van der Waals surface area (Å²) in [5.41, 5.74) is 8.12. The van der Waals surface area contributed by atoms with Crippen molar-refractivity contribution in [3.63, 3.8) is 0 Å². The van der Waals surface area contributed by atoms with Crippen molar-refractivity contribution in [3.05, 3.63) is 23.3 Å². The molecule has 0 spiro atoms. The van der Waals surface area contributed by atoms with Crippen LogP contribution in [0.1, 0.15) is 48.3 Å². The molecule has 1 aromatic heterocycles. The quantitative estimate of drug-likeness (QED) is 0.810. The molecule has 2 N–H and O–H groups in total. The molecule has 1 atom stereocenters. The van der Waals surface area contributed by atoms with E-state index in [-0.39, 0.29) is 23.5 Å². The lowest BCUT2D eigenvalue weighted by Crippen LogP contribution is -2.23. The summed E-state index contributed by atoms with van der Waals surface area (Å²) in [6, 6.07) is 0.0223. The van der Waals surface area contributed by atoms with Crippen molar-refractivity contribution in [1.82, 2.24) is 9.97 Å². The third-order valence-corrected chi connectivity index (χ3v) is 5.63. The smallest absolute Gasteiger partial charge is 0.150 e. The van der Waals surface area contributed by atoms with Crippen molar-refractivity contribution in [2.45, 2.75) is 37.6 Å². The van der Waals surface area contributed by atoms with Gasteiger partial charge in [0.1, 0.15) is 15.7 Å². The summed E-state index contributed by atoms with van der Waals surface area (Å²) in [6.07, 6.45) is 5.03. The van der Waals surface area contributed by atoms with Crippen LogP contribution in [-0.2, 0) is 16.3 Å². The van der Waals surface area contributed by atoms with Crippen molar-refractivity contribution >= 4 is 9.84 Å². The number of aryl methyl sites for hydroxylation is 1. The van der Waals surface area contributed by atoms with Crippen LogP contribution in [0.3, 0.4) is 0 Å². The first-order chi connectivity index (χ1) is 8.55. The van der Waals surface area contributed by atoms with E-state index < -0.39 is 9.84 Å². The Morgan fingerprint density at radius 1 is 1.22 bits per heavy atom. The fourth-order valence-corrected chi connectivity index (χ4v) is 4.23. The van der Waals surface area contributed by atoms with Crippen LogP contribution >= 0.6 is 0 Å². The Morgan fingerprint density at radius 2 is 1.94 bits per heavy atom. The van der Waals surface area contributed by atoms with Gasteiger partial charge in [0, 0.05) is 18.2 Å². The Labute approximate surface area is 107 Å². The van der Waals surface area contributed by atoms with Crippen LogP contribution in [0.5, 0.6) is 0 Å². The second kappa shape index (κ2) is 4.28. The molecule has 1 aliphatic heterocycles. The summed E-state index contributed by atoms with van der Waals surface area (Å²) in [6.45, 7) is 0. The molecule has 1 aliphatic carbocycles. The Kier molecular flexibility index (Phi) is 2.86. The first-order valence-corrected chi connectivity index (χ1v) is 8.19. The van der Waals surface area contributed by atoms with Gasteiger partial charge in [-0.25, -0.2) is 18.4 Å². The zero-order valence-corrected chi connectivity index (χ0v) is 11.0.